The van der Waals surface area contributed by atoms with Crippen LogP contribution in [0, 0.1) is 3.57 Å². The van der Waals surface area contributed by atoms with E-state index < -0.39 is 0 Å². The van der Waals surface area contributed by atoms with E-state index >= 15 is 0 Å². The maximum atomic E-state index is 9.05. The van der Waals surface area contributed by atoms with Crippen LogP contribution in [0.3, 0.4) is 0 Å². The fourth-order valence-electron chi connectivity index (χ4n) is 1.17. The number of rotatable bonds is 1. The number of aliphatic hydroxyl groups is 1. The van der Waals surface area contributed by atoms with Gasteiger partial charge in [-0.3, -0.25) is 0 Å². The first-order valence-corrected chi connectivity index (χ1v) is 5.42. The lowest BCUT2D eigenvalue weighted by atomic mass is 9.86. The van der Waals surface area contributed by atoms with Crippen LogP contribution in [-0.4, -0.2) is 5.11 Å². The highest BCUT2D eigenvalue weighted by Gasteiger charge is 2.14. The van der Waals surface area contributed by atoms with Crippen LogP contribution in [0.25, 0.3) is 0 Å². The molecule has 0 radical (unpaired) electrons. The van der Waals surface area contributed by atoms with Gasteiger partial charge in [0.25, 0.3) is 0 Å². The molecule has 0 saturated heterocycles. The quantitative estimate of drug-likeness (QED) is 0.788. The van der Waals surface area contributed by atoms with Gasteiger partial charge in [-0.25, -0.2) is 0 Å². The van der Waals surface area contributed by atoms with Crippen molar-refractivity contribution < 1.29 is 5.11 Å². The normalized spacial score (nSPS) is 11.8. The number of hydrogen-bond donors (Lipinski definition) is 1. The first-order chi connectivity index (χ1) is 5.93. The molecule has 0 amide bonds. The van der Waals surface area contributed by atoms with Gasteiger partial charge in [0.1, 0.15) is 0 Å². The van der Waals surface area contributed by atoms with Crippen LogP contribution in [0.5, 0.6) is 0 Å². The largest absolute Gasteiger partial charge is 0.392 e. The Hall–Kier alpha value is -0.0900. The van der Waals surface area contributed by atoms with Gasteiger partial charge in [0.2, 0.25) is 0 Å². The first kappa shape index (κ1) is 11.0. The highest BCUT2D eigenvalue weighted by Crippen LogP contribution is 2.25. The molecule has 0 aromatic heterocycles. The van der Waals surface area contributed by atoms with Crippen molar-refractivity contribution in [1.29, 1.82) is 0 Å². The summed E-state index contributed by atoms with van der Waals surface area (Å²) in [4.78, 5) is 0. The molecule has 0 atom stereocenters. The lowest BCUT2D eigenvalue weighted by molar-refractivity contribution is 0.281. The molecule has 0 fully saturated rings. The molecular formula is C11H15IO. The highest BCUT2D eigenvalue weighted by molar-refractivity contribution is 14.1. The molecule has 0 heterocycles. The van der Waals surface area contributed by atoms with Crippen molar-refractivity contribution in [2.24, 2.45) is 0 Å². The average Bonchev–Trinajstić information content (AvgIpc) is 2.01. The summed E-state index contributed by atoms with van der Waals surface area (Å²) in [5.41, 5.74) is 2.44. The Balaban J connectivity index is 3.16. The monoisotopic (exact) mass is 290 g/mol. The van der Waals surface area contributed by atoms with Gasteiger partial charge in [0.15, 0.2) is 0 Å². The lowest BCUT2D eigenvalue weighted by Crippen LogP contribution is -2.11. The molecule has 0 aliphatic carbocycles. The van der Waals surface area contributed by atoms with Crippen LogP contribution >= 0.6 is 22.6 Å². The fraction of sp³-hybridized carbons (Fsp3) is 0.455. The molecule has 0 saturated carbocycles. The Bertz CT molecular complexity index is 299. The average molecular weight is 290 g/mol. The Morgan fingerprint density at radius 1 is 1.23 bits per heavy atom. The topological polar surface area (TPSA) is 20.2 Å². The summed E-state index contributed by atoms with van der Waals surface area (Å²) in [6.07, 6.45) is 0. The summed E-state index contributed by atoms with van der Waals surface area (Å²) in [6.45, 7) is 6.67. The second-order valence-corrected chi connectivity index (χ2v) is 5.50. The Labute approximate surface area is 93.3 Å². The molecule has 1 aromatic rings. The summed E-state index contributed by atoms with van der Waals surface area (Å²) >= 11 is 2.28. The van der Waals surface area contributed by atoms with Crippen molar-refractivity contribution >= 4 is 22.6 Å². The summed E-state index contributed by atoms with van der Waals surface area (Å²) < 4.78 is 1.19. The minimum atomic E-state index is 0.125. The second-order valence-electron chi connectivity index (χ2n) is 4.26. The third kappa shape index (κ3) is 2.95. The van der Waals surface area contributed by atoms with Crippen LogP contribution < -0.4 is 0 Å². The molecule has 1 nitrogen and oxygen atoms in total. The molecule has 1 aromatic carbocycles. The van der Waals surface area contributed by atoms with Gasteiger partial charge in [-0.1, -0.05) is 26.8 Å². The third-order valence-electron chi connectivity index (χ3n) is 2.01. The van der Waals surface area contributed by atoms with Gasteiger partial charge >= 0.3 is 0 Å². The minimum absolute atomic E-state index is 0.125. The van der Waals surface area contributed by atoms with Crippen molar-refractivity contribution in [3.8, 4) is 0 Å². The fourth-order valence-corrected chi connectivity index (χ4v) is 1.91. The van der Waals surface area contributed by atoms with Crippen LogP contribution in [0.15, 0.2) is 18.2 Å². The van der Waals surface area contributed by atoms with Crippen LogP contribution in [0.2, 0.25) is 0 Å². The number of halogens is 1. The Morgan fingerprint density at radius 3 is 2.31 bits per heavy atom. The molecule has 0 spiro atoms. The smallest absolute Gasteiger partial charge is 0.0682 e. The van der Waals surface area contributed by atoms with E-state index in [0.717, 1.165) is 5.56 Å². The predicted molar refractivity (Wildman–Crippen MR) is 63.8 cm³/mol. The van der Waals surface area contributed by atoms with Gasteiger partial charge in [0.05, 0.1) is 6.61 Å². The van der Waals surface area contributed by atoms with Crippen molar-refractivity contribution in [2.75, 3.05) is 0 Å². The SMILES string of the molecule is CC(C)(C)c1cc(I)cc(CO)c1. The molecule has 1 N–H and O–H groups in total. The van der Waals surface area contributed by atoms with Crippen molar-refractivity contribution in [2.45, 2.75) is 32.8 Å². The van der Waals surface area contributed by atoms with Crippen molar-refractivity contribution in [3.63, 3.8) is 0 Å². The molecule has 0 bridgehead atoms. The standard InChI is InChI=1S/C11H15IO/c1-11(2,3)9-4-8(7-13)5-10(12)6-9/h4-6,13H,7H2,1-3H3. The van der Waals surface area contributed by atoms with Crippen LogP contribution in [-0.2, 0) is 12.0 Å². The molecule has 0 aliphatic heterocycles. The Morgan fingerprint density at radius 2 is 1.85 bits per heavy atom. The summed E-state index contributed by atoms with van der Waals surface area (Å²) in [6, 6.07) is 6.25. The maximum Gasteiger partial charge on any atom is 0.0682 e. The second kappa shape index (κ2) is 3.96. The number of aliphatic hydroxyl groups excluding tert-OH is 1. The molecule has 1 rings (SSSR count). The van der Waals surface area contributed by atoms with Gasteiger partial charge in [0, 0.05) is 3.57 Å². The molecular weight excluding hydrogens is 275 g/mol. The maximum absolute atomic E-state index is 9.05. The van der Waals surface area contributed by atoms with Gasteiger partial charge in [-0.15, -0.1) is 0 Å². The van der Waals surface area contributed by atoms with E-state index in [2.05, 4.69) is 55.5 Å². The summed E-state index contributed by atoms with van der Waals surface area (Å²) in [5.74, 6) is 0. The molecule has 13 heavy (non-hydrogen) atoms. The van der Waals surface area contributed by atoms with E-state index in [-0.39, 0.29) is 12.0 Å². The van der Waals surface area contributed by atoms with Gasteiger partial charge < -0.3 is 5.11 Å². The van der Waals surface area contributed by atoms with E-state index in [4.69, 9.17) is 5.11 Å². The zero-order valence-electron chi connectivity index (χ0n) is 8.26. The summed E-state index contributed by atoms with van der Waals surface area (Å²) in [7, 11) is 0. The Kier molecular flexibility index (Phi) is 3.35. The highest BCUT2D eigenvalue weighted by atomic mass is 127. The van der Waals surface area contributed by atoms with Crippen molar-refractivity contribution in [3.05, 3.63) is 32.9 Å². The minimum Gasteiger partial charge on any atom is -0.392 e. The first-order valence-electron chi connectivity index (χ1n) is 4.34. The van der Waals surface area contributed by atoms with Crippen molar-refractivity contribution in [1.82, 2.24) is 0 Å². The van der Waals surface area contributed by atoms with E-state index in [1.54, 1.807) is 0 Å². The lowest BCUT2D eigenvalue weighted by Gasteiger charge is -2.20. The molecule has 72 valence electrons. The third-order valence-corrected chi connectivity index (χ3v) is 2.63. The summed E-state index contributed by atoms with van der Waals surface area (Å²) in [5, 5.41) is 9.05. The number of hydrogen-bond acceptors (Lipinski definition) is 1. The van der Waals surface area contributed by atoms with E-state index in [1.165, 1.54) is 9.13 Å². The van der Waals surface area contributed by atoms with Crippen LogP contribution in [0.4, 0.5) is 0 Å². The number of benzene rings is 1. The molecule has 0 aliphatic rings. The molecule has 0 unspecified atom stereocenters. The van der Waals surface area contributed by atoms with E-state index in [1.807, 2.05) is 6.07 Å². The van der Waals surface area contributed by atoms with Gasteiger partial charge in [-0.2, -0.15) is 0 Å². The van der Waals surface area contributed by atoms with E-state index in [0.29, 0.717) is 0 Å². The predicted octanol–water partition coefficient (Wildman–Crippen LogP) is 3.08. The van der Waals surface area contributed by atoms with Gasteiger partial charge in [-0.05, 0) is 51.3 Å². The zero-order chi connectivity index (χ0) is 10.1. The van der Waals surface area contributed by atoms with Crippen LogP contribution in [0.1, 0.15) is 31.9 Å². The zero-order valence-corrected chi connectivity index (χ0v) is 10.4. The van der Waals surface area contributed by atoms with E-state index in [9.17, 15) is 0 Å². The molecule has 2 heteroatoms.